The summed E-state index contributed by atoms with van der Waals surface area (Å²) in [6, 6.07) is 0.0468. The van der Waals surface area contributed by atoms with Gasteiger partial charge >= 0.3 is 0 Å². The average molecular weight is 141 g/mol. The van der Waals surface area contributed by atoms with Crippen LogP contribution in [0.1, 0.15) is 6.42 Å². The van der Waals surface area contributed by atoms with Crippen molar-refractivity contribution in [3.8, 4) is 0 Å². The van der Waals surface area contributed by atoms with E-state index in [1.807, 2.05) is 0 Å². The van der Waals surface area contributed by atoms with Gasteiger partial charge in [-0.25, -0.2) is 0 Å². The third-order valence-corrected chi connectivity index (χ3v) is 1.81. The predicted molar refractivity (Wildman–Crippen MR) is 37.4 cm³/mol. The van der Waals surface area contributed by atoms with Crippen LogP contribution in [0.15, 0.2) is 12.7 Å². The summed E-state index contributed by atoms with van der Waals surface area (Å²) in [7, 11) is 0. The topological polar surface area (TPSA) is 40.5 Å². The lowest BCUT2D eigenvalue weighted by molar-refractivity contribution is -0.134. The number of likely N-dealkylation sites (tertiary alicyclic amines) is 1. The number of rotatable bonds is 2. The Morgan fingerprint density at radius 3 is 2.90 bits per heavy atom. The first kappa shape index (κ1) is 7.28. The van der Waals surface area contributed by atoms with Crippen LogP contribution in [0.5, 0.6) is 0 Å². The summed E-state index contributed by atoms with van der Waals surface area (Å²) in [5.41, 5.74) is 0. The standard InChI is InChI=1S/C7H11NO2/c1-2-7(10)8-4-3-6(8)5-9/h2,6,9H,1,3-5H2/t6-/m0/s1. The molecule has 0 bridgehead atoms. The van der Waals surface area contributed by atoms with E-state index in [1.54, 1.807) is 4.90 Å². The second-order valence-electron chi connectivity index (χ2n) is 2.36. The minimum absolute atomic E-state index is 0.0468. The molecule has 3 nitrogen and oxygen atoms in total. The van der Waals surface area contributed by atoms with Crippen molar-refractivity contribution in [2.24, 2.45) is 0 Å². The van der Waals surface area contributed by atoms with Gasteiger partial charge in [0.2, 0.25) is 5.91 Å². The lowest BCUT2D eigenvalue weighted by atomic mass is 10.0. The van der Waals surface area contributed by atoms with Gasteiger partial charge in [-0.3, -0.25) is 4.79 Å². The minimum Gasteiger partial charge on any atom is -0.394 e. The number of carbonyl (C=O) groups excluding carboxylic acids is 1. The van der Waals surface area contributed by atoms with Gasteiger partial charge < -0.3 is 10.0 Å². The first-order valence-electron chi connectivity index (χ1n) is 3.33. The molecule has 0 aromatic rings. The summed E-state index contributed by atoms with van der Waals surface area (Å²) in [6.45, 7) is 4.19. The number of amides is 1. The summed E-state index contributed by atoms with van der Waals surface area (Å²) in [4.78, 5) is 12.5. The third-order valence-electron chi connectivity index (χ3n) is 1.81. The van der Waals surface area contributed by atoms with E-state index in [2.05, 4.69) is 6.58 Å². The second-order valence-corrected chi connectivity index (χ2v) is 2.36. The van der Waals surface area contributed by atoms with E-state index in [4.69, 9.17) is 5.11 Å². The van der Waals surface area contributed by atoms with Crippen LogP contribution in [0, 0.1) is 0 Å². The fraction of sp³-hybridized carbons (Fsp3) is 0.571. The van der Waals surface area contributed by atoms with Gasteiger partial charge in [0.1, 0.15) is 0 Å². The SMILES string of the molecule is C=CC(=O)N1CC[C@H]1CO. The Morgan fingerprint density at radius 1 is 1.90 bits per heavy atom. The van der Waals surface area contributed by atoms with Crippen molar-refractivity contribution in [2.45, 2.75) is 12.5 Å². The van der Waals surface area contributed by atoms with Gasteiger partial charge in [-0.2, -0.15) is 0 Å². The number of hydrogen-bond acceptors (Lipinski definition) is 2. The maximum Gasteiger partial charge on any atom is 0.246 e. The first-order valence-corrected chi connectivity index (χ1v) is 3.33. The molecular formula is C7H11NO2. The maximum atomic E-state index is 10.9. The molecule has 1 heterocycles. The van der Waals surface area contributed by atoms with Crippen molar-refractivity contribution < 1.29 is 9.90 Å². The van der Waals surface area contributed by atoms with E-state index in [9.17, 15) is 4.79 Å². The smallest absolute Gasteiger partial charge is 0.246 e. The Balaban J connectivity index is 2.42. The van der Waals surface area contributed by atoms with Crippen LogP contribution in [0.2, 0.25) is 0 Å². The van der Waals surface area contributed by atoms with Crippen LogP contribution in [0.4, 0.5) is 0 Å². The van der Waals surface area contributed by atoms with Crippen LogP contribution in [0.25, 0.3) is 0 Å². The largest absolute Gasteiger partial charge is 0.394 e. The van der Waals surface area contributed by atoms with Gasteiger partial charge in [0.05, 0.1) is 12.6 Å². The molecule has 0 unspecified atom stereocenters. The molecule has 0 aromatic heterocycles. The molecule has 1 aliphatic heterocycles. The van der Waals surface area contributed by atoms with E-state index < -0.39 is 0 Å². The molecule has 1 N–H and O–H groups in total. The summed E-state index contributed by atoms with van der Waals surface area (Å²) in [5, 5.41) is 8.67. The van der Waals surface area contributed by atoms with Crippen LogP contribution in [-0.2, 0) is 4.79 Å². The highest BCUT2D eigenvalue weighted by Crippen LogP contribution is 2.16. The van der Waals surface area contributed by atoms with E-state index >= 15 is 0 Å². The van der Waals surface area contributed by atoms with Crippen molar-refractivity contribution in [3.05, 3.63) is 12.7 Å². The Hall–Kier alpha value is -0.830. The number of aliphatic hydroxyl groups excluding tert-OH is 1. The zero-order valence-corrected chi connectivity index (χ0v) is 5.79. The summed E-state index contributed by atoms with van der Waals surface area (Å²) >= 11 is 0. The first-order chi connectivity index (χ1) is 4.79. The molecule has 1 atom stereocenters. The number of nitrogens with zero attached hydrogens (tertiary/aromatic N) is 1. The van der Waals surface area contributed by atoms with Gasteiger partial charge in [-0.05, 0) is 12.5 Å². The molecule has 1 amide bonds. The van der Waals surface area contributed by atoms with Crippen molar-refractivity contribution in [1.82, 2.24) is 4.90 Å². The van der Waals surface area contributed by atoms with E-state index in [0.717, 1.165) is 13.0 Å². The Labute approximate surface area is 59.9 Å². The lowest BCUT2D eigenvalue weighted by Gasteiger charge is -2.39. The highest BCUT2D eigenvalue weighted by atomic mass is 16.3. The van der Waals surface area contributed by atoms with Crippen molar-refractivity contribution >= 4 is 5.91 Å². The second kappa shape index (κ2) is 2.84. The van der Waals surface area contributed by atoms with Crippen molar-refractivity contribution in [1.29, 1.82) is 0 Å². The van der Waals surface area contributed by atoms with Gasteiger partial charge in [0.15, 0.2) is 0 Å². The average Bonchev–Trinajstić information content (AvgIpc) is 1.86. The molecular weight excluding hydrogens is 130 g/mol. The molecule has 0 aromatic carbocycles. The molecule has 0 saturated carbocycles. The van der Waals surface area contributed by atoms with Gasteiger partial charge in [-0.1, -0.05) is 6.58 Å². The summed E-state index contributed by atoms with van der Waals surface area (Å²) < 4.78 is 0. The molecule has 10 heavy (non-hydrogen) atoms. The number of carbonyl (C=O) groups is 1. The number of aliphatic hydroxyl groups is 1. The number of hydrogen-bond donors (Lipinski definition) is 1. The van der Waals surface area contributed by atoms with E-state index in [0.29, 0.717) is 0 Å². The Bertz CT molecular complexity index is 154. The van der Waals surface area contributed by atoms with Gasteiger partial charge in [0.25, 0.3) is 0 Å². The van der Waals surface area contributed by atoms with Crippen LogP contribution in [-0.4, -0.2) is 35.1 Å². The molecule has 1 saturated heterocycles. The van der Waals surface area contributed by atoms with E-state index in [-0.39, 0.29) is 18.6 Å². The van der Waals surface area contributed by atoms with Gasteiger partial charge in [0, 0.05) is 6.54 Å². The monoisotopic (exact) mass is 141 g/mol. The molecule has 1 fully saturated rings. The molecule has 0 radical (unpaired) electrons. The quantitative estimate of drug-likeness (QED) is 0.539. The lowest BCUT2D eigenvalue weighted by Crippen LogP contribution is -2.52. The van der Waals surface area contributed by atoms with Gasteiger partial charge in [-0.15, -0.1) is 0 Å². The fourth-order valence-electron chi connectivity index (χ4n) is 1.04. The third kappa shape index (κ3) is 1.04. The van der Waals surface area contributed by atoms with Crippen molar-refractivity contribution in [2.75, 3.05) is 13.2 Å². The van der Waals surface area contributed by atoms with E-state index in [1.165, 1.54) is 6.08 Å². The molecule has 3 heteroatoms. The summed E-state index contributed by atoms with van der Waals surface area (Å²) in [6.07, 6.45) is 2.19. The Morgan fingerprint density at radius 2 is 2.60 bits per heavy atom. The minimum atomic E-state index is -0.0784. The Kier molecular flexibility index (Phi) is 2.06. The zero-order chi connectivity index (χ0) is 7.56. The molecule has 56 valence electrons. The zero-order valence-electron chi connectivity index (χ0n) is 5.79. The highest BCUT2D eigenvalue weighted by molar-refractivity contribution is 5.87. The fourth-order valence-corrected chi connectivity index (χ4v) is 1.04. The summed E-state index contributed by atoms with van der Waals surface area (Å²) in [5.74, 6) is -0.0784. The molecule has 0 aliphatic carbocycles. The van der Waals surface area contributed by atoms with Crippen LogP contribution >= 0.6 is 0 Å². The van der Waals surface area contributed by atoms with Crippen molar-refractivity contribution in [3.63, 3.8) is 0 Å². The predicted octanol–water partition coefficient (Wildman–Crippen LogP) is -0.234. The molecule has 0 spiro atoms. The van der Waals surface area contributed by atoms with Crippen LogP contribution < -0.4 is 0 Å². The van der Waals surface area contributed by atoms with Crippen LogP contribution in [0.3, 0.4) is 0 Å². The maximum absolute atomic E-state index is 10.9. The molecule has 1 aliphatic rings. The molecule has 1 rings (SSSR count). The highest BCUT2D eigenvalue weighted by Gasteiger charge is 2.29. The normalized spacial score (nSPS) is 23.7.